The van der Waals surface area contributed by atoms with Gasteiger partial charge in [0.1, 0.15) is 0 Å². The van der Waals surface area contributed by atoms with Gasteiger partial charge in [0.15, 0.2) is 0 Å². The smallest absolute Gasteiger partial charge is 0.0204 e. The first-order valence-electron chi connectivity index (χ1n) is 8.19. The maximum absolute atomic E-state index is 4.25. The third-order valence-corrected chi connectivity index (χ3v) is 5.13. The highest BCUT2D eigenvalue weighted by Gasteiger charge is 2.23. The van der Waals surface area contributed by atoms with Gasteiger partial charge in [-0.3, -0.25) is 0 Å². The Balaban J connectivity index is 4.34. The van der Waals surface area contributed by atoms with Crippen molar-refractivity contribution in [2.24, 2.45) is 23.7 Å². The van der Waals surface area contributed by atoms with E-state index < -0.39 is 0 Å². The summed E-state index contributed by atoms with van der Waals surface area (Å²) in [6, 6.07) is 0. The average Bonchev–Trinajstić information content (AvgIpc) is 2.39. The average molecular weight is 252 g/mol. The lowest BCUT2D eigenvalue weighted by Crippen LogP contribution is -2.21. The van der Waals surface area contributed by atoms with Gasteiger partial charge in [-0.1, -0.05) is 85.8 Å². The first-order chi connectivity index (χ1) is 8.51. The van der Waals surface area contributed by atoms with Gasteiger partial charge >= 0.3 is 0 Å². The summed E-state index contributed by atoms with van der Waals surface area (Å²) < 4.78 is 0. The molecule has 0 radical (unpaired) electrons. The van der Waals surface area contributed by atoms with E-state index >= 15 is 0 Å². The predicted octanol–water partition coefficient (Wildman–Crippen LogP) is 6.47. The molecule has 18 heavy (non-hydrogen) atoms. The van der Waals surface area contributed by atoms with Crippen molar-refractivity contribution in [3.63, 3.8) is 0 Å². The Hall–Kier alpha value is -0.260. The Labute approximate surface area is 116 Å². The van der Waals surface area contributed by atoms with E-state index in [1.54, 1.807) is 0 Å². The third-order valence-electron chi connectivity index (χ3n) is 5.13. The molecule has 0 aliphatic carbocycles. The largest absolute Gasteiger partial charge is 0.0996 e. The molecule has 0 bridgehead atoms. The van der Waals surface area contributed by atoms with Gasteiger partial charge in [-0.15, -0.1) is 0 Å². The summed E-state index contributed by atoms with van der Waals surface area (Å²) in [5, 5.41) is 0. The molecule has 0 saturated carbocycles. The molecule has 0 aromatic carbocycles. The van der Waals surface area contributed by atoms with Crippen LogP contribution in [0.2, 0.25) is 0 Å². The molecule has 0 spiro atoms. The molecule has 0 heterocycles. The molecule has 0 N–H and O–H groups in total. The highest BCUT2D eigenvalue weighted by molar-refractivity contribution is 5.00. The van der Waals surface area contributed by atoms with Crippen LogP contribution in [0.15, 0.2) is 12.2 Å². The molecule has 0 aromatic rings. The quantitative estimate of drug-likeness (QED) is 0.391. The molecule has 0 nitrogen and oxygen atoms in total. The summed E-state index contributed by atoms with van der Waals surface area (Å²) in [6.45, 7) is 18.3. The summed E-state index contributed by atoms with van der Waals surface area (Å²) in [5.41, 5.74) is 1.44. The molecule has 0 aliphatic rings. The number of rotatable bonds is 10. The predicted molar refractivity (Wildman–Crippen MR) is 84.8 cm³/mol. The molecule has 0 amide bonds. The SMILES string of the molecule is C=C(CC)C(C)C(CC)C(C)CCC(CC)CC. The Morgan fingerprint density at radius 2 is 1.44 bits per heavy atom. The molecule has 0 saturated heterocycles. The third kappa shape index (κ3) is 5.59. The van der Waals surface area contributed by atoms with Crippen LogP contribution in [0.1, 0.15) is 80.1 Å². The first-order valence-corrected chi connectivity index (χ1v) is 8.19. The molecule has 0 aliphatic heterocycles. The minimum Gasteiger partial charge on any atom is -0.0996 e. The van der Waals surface area contributed by atoms with E-state index in [1.807, 2.05) is 0 Å². The van der Waals surface area contributed by atoms with Crippen LogP contribution in [0.4, 0.5) is 0 Å². The van der Waals surface area contributed by atoms with Gasteiger partial charge in [0.2, 0.25) is 0 Å². The zero-order chi connectivity index (χ0) is 14.1. The van der Waals surface area contributed by atoms with Crippen LogP contribution in [-0.2, 0) is 0 Å². The fraction of sp³-hybridized carbons (Fsp3) is 0.889. The topological polar surface area (TPSA) is 0 Å². The van der Waals surface area contributed by atoms with Crippen LogP contribution < -0.4 is 0 Å². The minimum atomic E-state index is 0.691. The van der Waals surface area contributed by atoms with Crippen molar-refractivity contribution in [1.29, 1.82) is 0 Å². The molecule has 0 fully saturated rings. The lowest BCUT2D eigenvalue weighted by molar-refractivity contribution is 0.240. The highest BCUT2D eigenvalue weighted by Crippen LogP contribution is 2.33. The zero-order valence-corrected chi connectivity index (χ0v) is 13.8. The van der Waals surface area contributed by atoms with Crippen molar-refractivity contribution >= 4 is 0 Å². The summed E-state index contributed by atoms with van der Waals surface area (Å²) in [6.07, 6.45) is 7.93. The van der Waals surface area contributed by atoms with E-state index in [-0.39, 0.29) is 0 Å². The van der Waals surface area contributed by atoms with Gasteiger partial charge in [0.05, 0.1) is 0 Å². The molecular weight excluding hydrogens is 216 g/mol. The van der Waals surface area contributed by atoms with E-state index in [2.05, 4.69) is 48.1 Å². The zero-order valence-electron chi connectivity index (χ0n) is 13.8. The Morgan fingerprint density at radius 1 is 0.889 bits per heavy atom. The number of hydrogen-bond donors (Lipinski definition) is 0. The molecule has 108 valence electrons. The number of hydrogen-bond acceptors (Lipinski definition) is 0. The van der Waals surface area contributed by atoms with Gasteiger partial charge < -0.3 is 0 Å². The van der Waals surface area contributed by atoms with E-state index in [4.69, 9.17) is 0 Å². The van der Waals surface area contributed by atoms with Gasteiger partial charge in [-0.2, -0.15) is 0 Å². The van der Waals surface area contributed by atoms with E-state index in [0.29, 0.717) is 5.92 Å². The second-order valence-corrected chi connectivity index (χ2v) is 6.11. The second kappa shape index (κ2) is 9.64. The van der Waals surface area contributed by atoms with Crippen LogP contribution in [0, 0.1) is 23.7 Å². The van der Waals surface area contributed by atoms with Crippen molar-refractivity contribution in [2.75, 3.05) is 0 Å². The maximum Gasteiger partial charge on any atom is -0.0204 e. The van der Waals surface area contributed by atoms with Crippen molar-refractivity contribution in [3.8, 4) is 0 Å². The number of allylic oxidation sites excluding steroid dienone is 1. The molecule has 0 aromatic heterocycles. The van der Waals surface area contributed by atoms with Gasteiger partial charge in [0.25, 0.3) is 0 Å². The van der Waals surface area contributed by atoms with E-state index in [1.165, 1.54) is 37.7 Å². The van der Waals surface area contributed by atoms with Crippen molar-refractivity contribution in [1.82, 2.24) is 0 Å². The maximum atomic E-state index is 4.25. The fourth-order valence-corrected chi connectivity index (χ4v) is 3.28. The standard InChI is InChI=1S/C18H36/c1-8-14(5)16(7)18(11-4)15(6)12-13-17(9-2)10-3/h15-18H,5,8-13H2,1-4,6-7H3. The molecule has 0 heteroatoms. The first kappa shape index (κ1) is 17.7. The second-order valence-electron chi connectivity index (χ2n) is 6.11. The summed E-state index contributed by atoms with van der Waals surface area (Å²) in [4.78, 5) is 0. The van der Waals surface area contributed by atoms with Gasteiger partial charge in [0, 0.05) is 0 Å². The Bertz CT molecular complexity index is 212. The Morgan fingerprint density at radius 3 is 1.83 bits per heavy atom. The van der Waals surface area contributed by atoms with Crippen LogP contribution in [-0.4, -0.2) is 0 Å². The monoisotopic (exact) mass is 252 g/mol. The molecular formula is C18H36. The molecule has 3 atom stereocenters. The lowest BCUT2D eigenvalue weighted by Gasteiger charge is -2.31. The van der Waals surface area contributed by atoms with Gasteiger partial charge in [-0.25, -0.2) is 0 Å². The molecule has 0 rings (SSSR count). The van der Waals surface area contributed by atoms with E-state index in [9.17, 15) is 0 Å². The van der Waals surface area contributed by atoms with E-state index in [0.717, 1.165) is 24.2 Å². The fourth-order valence-electron chi connectivity index (χ4n) is 3.28. The summed E-state index contributed by atoms with van der Waals surface area (Å²) >= 11 is 0. The van der Waals surface area contributed by atoms with Crippen LogP contribution >= 0.6 is 0 Å². The highest BCUT2D eigenvalue weighted by atomic mass is 14.3. The summed E-state index contributed by atoms with van der Waals surface area (Å²) in [5.74, 6) is 3.30. The van der Waals surface area contributed by atoms with Crippen LogP contribution in [0.3, 0.4) is 0 Å². The Kier molecular flexibility index (Phi) is 9.50. The molecule has 3 unspecified atom stereocenters. The van der Waals surface area contributed by atoms with Crippen molar-refractivity contribution < 1.29 is 0 Å². The van der Waals surface area contributed by atoms with Gasteiger partial charge in [-0.05, 0) is 30.1 Å². The van der Waals surface area contributed by atoms with Crippen molar-refractivity contribution in [2.45, 2.75) is 80.1 Å². The van der Waals surface area contributed by atoms with Crippen LogP contribution in [0.25, 0.3) is 0 Å². The minimum absolute atomic E-state index is 0.691. The summed E-state index contributed by atoms with van der Waals surface area (Å²) in [7, 11) is 0. The normalized spacial score (nSPS) is 16.6. The van der Waals surface area contributed by atoms with Crippen molar-refractivity contribution in [3.05, 3.63) is 12.2 Å². The lowest BCUT2D eigenvalue weighted by atomic mass is 9.75. The van der Waals surface area contributed by atoms with Crippen LogP contribution in [0.5, 0.6) is 0 Å².